The zero-order chi connectivity index (χ0) is 14.2. The number of benzene rings is 1. The summed E-state index contributed by atoms with van der Waals surface area (Å²) >= 11 is 0. The topological polar surface area (TPSA) is 48.8 Å². The van der Waals surface area contributed by atoms with E-state index in [0.717, 1.165) is 0 Å². The van der Waals surface area contributed by atoms with Crippen molar-refractivity contribution in [3.05, 3.63) is 29.0 Å². The molecule has 0 unspecified atom stereocenters. The van der Waals surface area contributed by atoms with Crippen molar-refractivity contribution in [3.8, 4) is 11.8 Å². The van der Waals surface area contributed by atoms with Crippen molar-refractivity contribution in [2.45, 2.75) is 19.5 Å². The average Bonchev–Trinajstić information content (AvgIpc) is 2.71. The van der Waals surface area contributed by atoms with E-state index in [2.05, 4.69) is 4.98 Å². The number of aromatic nitrogens is 1. The molecule has 0 saturated carbocycles. The number of aromatic amines is 1. The van der Waals surface area contributed by atoms with Crippen LogP contribution in [0.2, 0.25) is 0 Å². The molecule has 0 spiro atoms. The smallest absolute Gasteiger partial charge is 0.431 e. The molecule has 100 valence electrons. The predicted molar refractivity (Wildman–Crippen MR) is 63.9 cm³/mol. The predicted octanol–water partition coefficient (Wildman–Crippen LogP) is 3.57. The van der Waals surface area contributed by atoms with Gasteiger partial charge in [-0.15, -0.1) is 0 Å². The summed E-state index contributed by atoms with van der Waals surface area (Å²) in [5.74, 6) is 0.329. The largest absolute Gasteiger partial charge is 0.495 e. The van der Waals surface area contributed by atoms with Gasteiger partial charge in [-0.1, -0.05) is 6.07 Å². The van der Waals surface area contributed by atoms with Gasteiger partial charge in [-0.25, -0.2) is 0 Å². The summed E-state index contributed by atoms with van der Waals surface area (Å²) in [5, 5.41) is 9.15. The lowest BCUT2D eigenvalue weighted by Gasteiger charge is -2.06. The van der Waals surface area contributed by atoms with Crippen LogP contribution in [0, 0.1) is 18.3 Å². The molecule has 0 aliphatic heterocycles. The molecule has 0 aliphatic carbocycles. The lowest BCUT2D eigenvalue weighted by atomic mass is 10.0. The Kier molecular flexibility index (Phi) is 3.14. The van der Waals surface area contributed by atoms with Crippen molar-refractivity contribution in [3.63, 3.8) is 0 Å². The zero-order valence-corrected chi connectivity index (χ0v) is 10.4. The number of H-pyrrole nitrogens is 1. The Hall–Kier alpha value is -2.16. The van der Waals surface area contributed by atoms with Gasteiger partial charge >= 0.3 is 6.18 Å². The molecule has 1 heterocycles. The lowest BCUT2D eigenvalue weighted by molar-refractivity contribution is -0.141. The Morgan fingerprint density at radius 3 is 2.58 bits per heavy atom. The number of hydrogen-bond acceptors (Lipinski definition) is 2. The van der Waals surface area contributed by atoms with E-state index in [1.807, 2.05) is 0 Å². The molecule has 1 aromatic carbocycles. The van der Waals surface area contributed by atoms with E-state index in [1.54, 1.807) is 25.1 Å². The number of rotatable bonds is 2. The first-order valence-electron chi connectivity index (χ1n) is 5.52. The SMILES string of the molecule is COc1ccc(C)c2c(CC#N)c(C(F)(F)F)[nH]c12. The fraction of sp³-hybridized carbons (Fsp3) is 0.308. The minimum absolute atomic E-state index is 0.0265. The van der Waals surface area contributed by atoms with Gasteiger partial charge in [0.2, 0.25) is 0 Å². The van der Waals surface area contributed by atoms with E-state index < -0.39 is 11.9 Å². The maximum Gasteiger partial charge on any atom is 0.431 e. The number of hydrogen-bond donors (Lipinski definition) is 1. The highest BCUT2D eigenvalue weighted by atomic mass is 19.4. The Labute approximate surface area is 107 Å². The van der Waals surface area contributed by atoms with Crippen molar-refractivity contribution >= 4 is 10.9 Å². The first kappa shape index (κ1) is 13.3. The number of methoxy groups -OCH3 is 1. The number of nitrogens with zero attached hydrogens (tertiary/aromatic N) is 1. The van der Waals surface area contributed by atoms with Crippen LogP contribution in [0.3, 0.4) is 0 Å². The van der Waals surface area contributed by atoms with Crippen LogP contribution in [-0.2, 0) is 12.6 Å². The van der Waals surface area contributed by atoms with Crippen molar-refractivity contribution in [1.82, 2.24) is 4.98 Å². The van der Waals surface area contributed by atoms with E-state index in [4.69, 9.17) is 10.00 Å². The van der Waals surface area contributed by atoms with Crippen LogP contribution >= 0.6 is 0 Å². The quantitative estimate of drug-likeness (QED) is 0.905. The average molecular weight is 268 g/mol. The molecular formula is C13H11F3N2O. The second-order valence-corrected chi connectivity index (χ2v) is 4.15. The molecule has 6 heteroatoms. The number of aryl methyl sites for hydroxylation is 1. The lowest BCUT2D eigenvalue weighted by Crippen LogP contribution is -2.08. The highest BCUT2D eigenvalue weighted by Crippen LogP contribution is 2.39. The number of nitrogens with one attached hydrogen (secondary N) is 1. The third kappa shape index (κ3) is 2.12. The van der Waals surface area contributed by atoms with E-state index in [-0.39, 0.29) is 17.5 Å². The molecule has 19 heavy (non-hydrogen) atoms. The highest BCUT2D eigenvalue weighted by Gasteiger charge is 2.37. The fourth-order valence-electron chi connectivity index (χ4n) is 2.19. The molecule has 0 aliphatic rings. The molecule has 1 N–H and O–H groups in total. The molecule has 0 atom stereocenters. The number of ether oxygens (including phenoxy) is 1. The van der Waals surface area contributed by atoms with Gasteiger partial charge in [0.1, 0.15) is 11.4 Å². The summed E-state index contributed by atoms with van der Waals surface area (Å²) in [6, 6.07) is 5.06. The number of fused-ring (bicyclic) bond motifs is 1. The van der Waals surface area contributed by atoms with Gasteiger partial charge in [0.15, 0.2) is 0 Å². The van der Waals surface area contributed by atoms with E-state index >= 15 is 0 Å². The molecule has 1 aromatic heterocycles. The van der Waals surface area contributed by atoms with Gasteiger partial charge in [-0.3, -0.25) is 0 Å². The third-order valence-corrected chi connectivity index (χ3v) is 2.99. The summed E-state index contributed by atoms with van der Waals surface area (Å²) in [5.41, 5.74) is 0.0472. The van der Waals surface area contributed by atoms with Crippen LogP contribution < -0.4 is 4.74 Å². The van der Waals surface area contributed by atoms with Crippen LogP contribution in [0.15, 0.2) is 12.1 Å². The van der Waals surface area contributed by atoms with E-state index in [0.29, 0.717) is 16.7 Å². The molecule has 2 aromatic rings. The van der Waals surface area contributed by atoms with E-state index in [9.17, 15) is 13.2 Å². The standard InChI is InChI=1S/C13H11F3N2O/c1-7-3-4-9(19-2)11-10(7)8(5-6-17)12(18-11)13(14,15)16/h3-4,18H,5H2,1-2H3. The maximum atomic E-state index is 13.0. The third-order valence-electron chi connectivity index (χ3n) is 2.99. The minimum Gasteiger partial charge on any atom is -0.495 e. The molecule has 2 rings (SSSR count). The van der Waals surface area contributed by atoms with Crippen LogP contribution in [0.25, 0.3) is 10.9 Å². The number of alkyl halides is 3. The molecule has 0 amide bonds. The van der Waals surface area contributed by atoms with Crippen LogP contribution in [-0.4, -0.2) is 12.1 Å². The second kappa shape index (κ2) is 4.50. The second-order valence-electron chi connectivity index (χ2n) is 4.15. The maximum absolute atomic E-state index is 13.0. The summed E-state index contributed by atoms with van der Waals surface area (Å²) in [7, 11) is 1.39. The minimum atomic E-state index is -4.53. The van der Waals surface area contributed by atoms with Crippen molar-refractivity contribution in [1.29, 1.82) is 5.26 Å². The molecule has 0 saturated heterocycles. The van der Waals surface area contributed by atoms with Crippen molar-refractivity contribution in [2.75, 3.05) is 7.11 Å². The molecule has 3 nitrogen and oxygen atoms in total. The van der Waals surface area contributed by atoms with Crippen LogP contribution in [0.4, 0.5) is 13.2 Å². The first-order chi connectivity index (χ1) is 8.90. The van der Waals surface area contributed by atoms with Crippen LogP contribution in [0.1, 0.15) is 16.8 Å². The summed E-state index contributed by atoms with van der Waals surface area (Å²) in [4.78, 5) is 2.35. The van der Waals surface area contributed by atoms with Gasteiger partial charge in [0.05, 0.1) is 25.1 Å². The van der Waals surface area contributed by atoms with Crippen LogP contribution in [0.5, 0.6) is 5.75 Å². The summed E-state index contributed by atoms with van der Waals surface area (Å²) < 4.78 is 44.0. The van der Waals surface area contributed by atoms with Gasteiger partial charge in [-0.2, -0.15) is 18.4 Å². The monoisotopic (exact) mass is 268 g/mol. The number of halogens is 3. The van der Waals surface area contributed by atoms with Crippen molar-refractivity contribution in [2.24, 2.45) is 0 Å². The Morgan fingerprint density at radius 2 is 2.05 bits per heavy atom. The zero-order valence-electron chi connectivity index (χ0n) is 10.4. The summed E-state index contributed by atoms with van der Waals surface area (Å²) in [6.07, 6.45) is -4.83. The highest BCUT2D eigenvalue weighted by molar-refractivity contribution is 5.92. The Bertz CT molecular complexity index is 665. The summed E-state index contributed by atoms with van der Waals surface area (Å²) in [6.45, 7) is 1.71. The molecule has 0 bridgehead atoms. The first-order valence-corrected chi connectivity index (χ1v) is 5.52. The molecule has 0 radical (unpaired) electrons. The van der Waals surface area contributed by atoms with Gasteiger partial charge < -0.3 is 9.72 Å². The van der Waals surface area contributed by atoms with E-state index in [1.165, 1.54) is 7.11 Å². The molecule has 0 fully saturated rings. The Morgan fingerprint density at radius 1 is 1.37 bits per heavy atom. The number of nitriles is 1. The Balaban J connectivity index is 2.88. The van der Waals surface area contributed by atoms with Crippen molar-refractivity contribution < 1.29 is 17.9 Å². The molecular weight excluding hydrogens is 257 g/mol. The normalized spacial score (nSPS) is 11.6. The van der Waals surface area contributed by atoms with Gasteiger partial charge in [0.25, 0.3) is 0 Å². The van der Waals surface area contributed by atoms with Gasteiger partial charge in [-0.05, 0) is 18.6 Å². The fourth-order valence-corrected chi connectivity index (χ4v) is 2.19. The van der Waals surface area contributed by atoms with Gasteiger partial charge in [0, 0.05) is 10.9 Å².